The highest BCUT2D eigenvalue weighted by molar-refractivity contribution is 5.99. The second kappa shape index (κ2) is 22.1. The van der Waals surface area contributed by atoms with E-state index < -0.39 is 0 Å². The second-order valence-corrected chi connectivity index (χ2v) is 11.9. The van der Waals surface area contributed by atoms with E-state index in [1.165, 1.54) is 6.33 Å². The highest BCUT2D eigenvalue weighted by Gasteiger charge is 2.18. The zero-order valence-electron chi connectivity index (χ0n) is 30.1. The number of Topliss-reactive ketones (excluding diaryl/α,β-unsaturated/α-hetero) is 1. The molecule has 0 radical (unpaired) electrons. The number of hydrogen-bond donors (Lipinski definition) is 2. The molecule has 0 saturated carbocycles. The van der Waals surface area contributed by atoms with Crippen LogP contribution in [0.1, 0.15) is 24.0 Å². The van der Waals surface area contributed by atoms with Crippen LogP contribution in [0.4, 0.5) is 11.8 Å². The van der Waals surface area contributed by atoms with E-state index in [9.17, 15) is 4.79 Å². The maximum atomic E-state index is 12.5. The monoisotopic (exact) mass is 746 g/mol. The van der Waals surface area contributed by atoms with Gasteiger partial charge < -0.3 is 44.3 Å². The van der Waals surface area contributed by atoms with E-state index >= 15 is 0 Å². The van der Waals surface area contributed by atoms with Crippen LogP contribution in [0.25, 0.3) is 43.8 Å². The van der Waals surface area contributed by atoms with Crippen molar-refractivity contribution in [2.24, 2.45) is 5.11 Å². The Bertz CT molecular complexity index is 1950. The summed E-state index contributed by atoms with van der Waals surface area (Å²) in [6, 6.07) is 13.7. The first-order chi connectivity index (χ1) is 26.5. The molecular formula is C36H46N10O8. The number of fused-ring (bicyclic) bond motifs is 2. The standard InChI is InChI=1S/C36H46N10O8/c37-34-32-33(28-6-8-31-30(23-28)43-36(38)54-31)44-46(35(32)41-25-40-34)24-27-3-1-26(2-4-27)5-7-29(47)9-11-48-13-15-50-17-19-52-21-22-53-20-18-51-16-14-49-12-10-42-45-39/h1-4,6,8,23,25H,5,7,9-22,24H2,(H2,38,43)(H2,37,40,41). The Kier molecular flexibility index (Phi) is 16.4. The van der Waals surface area contributed by atoms with Gasteiger partial charge in [0.15, 0.2) is 11.2 Å². The van der Waals surface area contributed by atoms with Gasteiger partial charge in [-0.25, -0.2) is 14.6 Å². The number of oxazole rings is 1. The quantitative estimate of drug-likeness (QED) is 0.0332. The van der Waals surface area contributed by atoms with Crippen LogP contribution in [0.2, 0.25) is 0 Å². The van der Waals surface area contributed by atoms with Crippen LogP contribution in [0, 0.1) is 0 Å². The van der Waals surface area contributed by atoms with Crippen molar-refractivity contribution in [1.29, 1.82) is 0 Å². The minimum absolute atomic E-state index is 0.0958. The number of ether oxygens (including phenoxy) is 6. The summed E-state index contributed by atoms with van der Waals surface area (Å²) in [4.78, 5) is 28.0. The van der Waals surface area contributed by atoms with Crippen molar-refractivity contribution >= 4 is 39.7 Å². The number of benzene rings is 2. The summed E-state index contributed by atoms with van der Waals surface area (Å²) in [5.74, 6) is 0.481. The van der Waals surface area contributed by atoms with E-state index in [0.29, 0.717) is 145 Å². The largest absolute Gasteiger partial charge is 0.424 e. The van der Waals surface area contributed by atoms with Gasteiger partial charge in [0.25, 0.3) is 6.01 Å². The van der Waals surface area contributed by atoms with Crippen molar-refractivity contribution in [3.8, 4) is 11.3 Å². The average molecular weight is 747 g/mol. The third-order valence-electron chi connectivity index (χ3n) is 8.07. The normalized spacial score (nSPS) is 11.4. The molecule has 0 atom stereocenters. The van der Waals surface area contributed by atoms with E-state index in [1.54, 1.807) is 10.7 Å². The van der Waals surface area contributed by atoms with Crippen molar-refractivity contribution in [2.45, 2.75) is 25.8 Å². The Morgan fingerprint density at radius 2 is 1.39 bits per heavy atom. The van der Waals surface area contributed by atoms with Crippen molar-refractivity contribution in [2.75, 3.05) is 97.3 Å². The van der Waals surface area contributed by atoms with Gasteiger partial charge in [-0.1, -0.05) is 29.4 Å². The molecule has 0 saturated heterocycles. The molecule has 0 amide bonds. The van der Waals surface area contributed by atoms with Crippen molar-refractivity contribution in [3.05, 3.63) is 70.4 Å². The minimum atomic E-state index is 0.0958. The maximum absolute atomic E-state index is 12.5. The lowest BCUT2D eigenvalue weighted by molar-refractivity contribution is -0.120. The van der Waals surface area contributed by atoms with Crippen LogP contribution < -0.4 is 11.5 Å². The van der Waals surface area contributed by atoms with Gasteiger partial charge in [0.1, 0.15) is 29.1 Å². The number of carbonyl (C=O) groups is 1. The van der Waals surface area contributed by atoms with Gasteiger partial charge in [-0.2, -0.15) is 10.1 Å². The highest BCUT2D eigenvalue weighted by Crippen LogP contribution is 2.32. The fourth-order valence-electron chi connectivity index (χ4n) is 5.37. The van der Waals surface area contributed by atoms with E-state index in [1.807, 2.05) is 36.4 Å². The van der Waals surface area contributed by atoms with Crippen LogP contribution in [-0.4, -0.2) is 116 Å². The molecule has 18 heteroatoms. The predicted molar refractivity (Wildman–Crippen MR) is 200 cm³/mol. The molecule has 3 heterocycles. The van der Waals surface area contributed by atoms with E-state index in [0.717, 1.165) is 16.7 Å². The molecule has 0 bridgehead atoms. The van der Waals surface area contributed by atoms with Gasteiger partial charge in [-0.15, -0.1) is 0 Å². The molecule has 5 aromatic rings. The number of aromatic nitrogens is 5. The SMILES string of the molecule is [N-]=[N+]=NCCOCCOCCOCCOCCOCCOCCC(=O)CCc1ccc(Cn2nc(-c3ccc4oc(N)nc4c3)c3c(N)ncnc32)cc1. The molecule has 5 rings (SSSR count). The van der Waals surface area contributed by atoms with Gasteiger partial charge in [-0.05, 0) is 41.3 Å². The van der Waals surface area contributed by atoms with Gasteiger partial charge in [0, 0.05) is 29.9 Å². The molecule has 0 aliphatic heterocycles. The summed E-state index contributed by atoms with van der Waals surface area (Å²) in [5, 5.41) is 8.89. The fourth-order valence-corrected chi connectivity index (χ4v) is 5.37. The molecule has 288 valence electrons. The number of anilines is 2. The number of hydrogen-bond acceptors (Lipinski definition) is 15. The first kappa shape index (κ1) is 40.0. The Labute approximate surface area is 311 Å². The topological polar surface area (TPSA) is 243 Å². The Hall–Kier alpha value is -5.20. The molecule has 18 nitrogen and oxygen atoms in total. The van der Waals surface area contributed by atoms with Gasteiger partial charge in [-0.3, -0.25) is 4.79 Å². The summed E-state index contributed by atoms with van der Waals surface area (Å²) in [7, 11) is 0. The molecule has 0 aliphatic carbocycles. The molecule has 0 spiro atoms. The minimum Gasteiger partial charge on any atom is -0.424 e. The smallest absolute Gasteiger partial charge is 0.292 e. The van der Waals surface area contributed by atoms with Crippen LogP contribution >= 0.6 is 0 Å². The van der Waals surface area contributed by atoms with E-state index in [2.05, 4.69) is 25.0 Å². The Balaban J connectivity index is 0.901. The number of nitrogen functional groups attached to an aromatic ring is 2. The molecule has 0 unspecified atom stereocenters. The number of nitrogens with zero attached hydrogens (tertiary/aromatic N) is 8. The third kappa shape index (κ3) is 12.7. The summed E-state index contributed by atoms with van der Waals surface area (Å²) in [6.45, 7) is 6.02. The molecule has 3 aromatic heterocycles. The Morgan fingerprint density at radius 3 is 2.04 bits per heavy atom. The number of nitrogens with two attached hydrogens (primary N) is 2. The van der Waals surface area contributed by atoms with Gasteiger partial charge >= 0.3 is 0 Å². The van der Waals surface area contributed by atoms with Crippen molar-refractivity contribution in [1.82, 2.24) is 24.7 Å². The lowest BCUT2D eigenvalue weighted by atomic mass is 10.0. The fraction of sp³-hybridized carbons (Fsp3) is 0.472. The Morgan fingerprint density at radius 1 is 0.778 bits per heavy atom. The number of rotatable bonds is 27. The molecule has 0 aliphatic rings. The maximum Gasteiger partial charge on any atom is 0.292 e. The number of carbonyl (C=O) groups excluding carboxylic acids is 1. The number of azide groups is 1. The zero-order chi connectivity index (χ0) is 37.8. The first-order valence-corrected chi connectivity index (χ1v) is 17.7. The van der Waals surface area contributed by atoms with Crippen LogP contribution in [-0.2, 0) is 46.2 Å². The van der Waals surface area contributed by atoms with Gasteiger partial charge in [0.2, 0.25) is 0 Å². The molecule has 54 heavy (non-hydrogen) atoms. The molecular weight excluding hydrogens is 700 g/mol. The van der Waals surface area contributed by atoms with Crippen LogP contribution in [0.15, 0.2) is 58.3 Å². The van der Waals surface area contributed by atoms with E-state index in [-0.39, 0.29) is 11.8 Å². The molecule has 0 fully saturated rings. The summed E-state index contributed by atoms with van der Waals surface area (Å²) < 4.78 is 39.8. The second-order valence-electron chi connectivity index (χ2n) is 11.9. The summed E-state index contributed by atoms with van der Waals surface area (Å²) >= 11 is 0. The summed E-state index contributed by atoms with van der Waals surface area (Å²) in [6.07, 6.45) is 2.87. The van der Waals surface area contributed by atoms with Crippen LogP contribution in [0.5, 0.6) is 0 Å². The summed E-state index contributed by atoms with van der Waals surface area (Å²) in [5.41, 5.74) is 25.5. The first-order valence-electron chi connectivity index (χ1n) is 17.7. The number of aryl methyl sites for hydroxylation is 1. The molecule has 4 N–H and O–H groups in total. The lowest BCUT2D eigenvalue weighted by Gasteiger charge is -2.08. The highest BCUT2D eigenvalue weighted by atomic mass is 16.6. The van der Waals surface area contributed by atoms with Crippen molar-refractivity contribution in [3.63, 3.8) is 0 Å². The third-order valence-corrected chi connectivity index (χ3v) is 8.07. The van der Waals surface area contributed by atoms with Crippen molar-refractivity contribution < 1.29 is 37.6 Å². The predicted octanol–water partition coefficient (Wildman–Crippen LogP) is 4.15. The lowest BCUT2D eigenvalue weighted by Crippen LogP contribution is -2.14. The van der Waals surface area contributed by atoms with Crippen LogP contribution in [0.3, 0.4) is 0 Å². The zero-order valence-corrected chi connectivity index (χ0v) is 30.1. The average Bonchev–Trinajstić information content (AvgIpc) is 3.74. The number of ketones is 1. The van der Waals surface area contributed by atoms with E-state index in [4.69, 9.17) is 54.9 Å². The van der Waals surface area contributed by atoms with Gasteiger partial charge in [0.05, 0.1) is 91.2 Å². The molecule has 2 aromatic carbocycles.